The van der Waals surface area contributed by atoms with Gasteiger partial charge in [0.2, 0.25) is 5.95 Å². The molecular weight excluding hydrogens is 300 g/mol. The highest BCUT2D eigenvalue weighted by atomic mass is 16.5. The van der Waals surface area contributed by atoms with Crippen molar-refractivity contribution in [1.82, 2.24) is 9.97 Å². The predicted octanol–water partition coefficient (Wildman–Crippen LogP) is 3.44. The first-order chi connectivity index (χ1) is 11.8. The fourth-order valence-corrected chi connectivity index (χ4v) is 2.93. The van der Waals surface area contributed by atoms with Crippen molar-refractivity contribution < 1.29 is 4.74 Å². The molecule has 0 aliphatic carbocycles. The number of hydrogen-bond donors (Lipinski definition) is 1. The molecule has 1 aliphatic heterocycles. The van der Waals surface area contributed by atoms with E-state index in [0.717, 1.165) is 36.1 Å². The fourth-order valence-electron chi connectivity index (χ4n) is 2.93. The lowest BCUT2D eigenvalue weighted by molar-refractivity contribution is 0.210. The lowest BCUT2D eigenvalue weighted by Gasteiger charge is -2.31. The quantitative estimate of drug-likeness (QED) is 0.824. The van der Waals surface area contributed by atoms with Gasteiger partial charge in [-0.05, 0) is 18.8 Å². The number of nitrogens with zero attached hydrogens (tertiary/aromatic N) is 3. The highest BCUT2D eigenvalue weighted by Gasteiger charge is 2.18. The zero-order valence-electron chi connectivity index (χ0n) is 14.5. The summed E-state index contributed by atoms with van der Waals surface area (Å²) in [5, 5.41) is 3.27. The average molecular weight is 326 g/mol. The second kappa shape index (κ2) is 8.11. The Hall–Kier alpha value is -2.14. The molecule has 3 rings (SSSR count). The maximum absolute atomic E-state index is 5.11. The summed E-state index contributed by atoms with van der Waals surface area (Å²) >= 11 is 0. The van der Waals surface area contributed by atoms with E-state index in [9.17, 15) is 0 Å². The first kappa shape index (κ1) is 16.7. The molecule has 0 spiro atoms. The lowest BCUT2D eigenvalue weighted by Crippen LogP contribution is -2.33. The molecule has 0 radical (unpaired) electrons. The van der Waals surface area contributed by atoms with Gasteiger partial charge in [-0.2, -0.15) is 4.98 Å². The minimum Gasteiger partial charge on any atom is -0.383 e. The number of methoxy groups -OCH3 is 1. The highest BCUT2D eigenvalue weighted by molar-refractivity contribution is 5.64. The van der Waals surface area contributed by atoms with Crippen molar-refractivity contribution in [1.29, 1.82) is 0 Å². The molecule has 1 fully saturated rings. The van der Waals surface area contributed by atoms with Crippen molar-refractivity contribution in [2.45, 2.75) is 19.8 Å². The Morgan fingerprint density at radius 3 is 2.62 bits per heavy atom. The number of benzene rings is 1. The minimum absolute atomic E-state index is 0.634. The molecule has 1 aromatic heterocycles. The van der Waals surface area contributed by atoms with Gasteiger partial charge in [-0.1, -0.05) is 37.3 Å². The number of rotatable bonds is 6. The van der Waals surface area contributed by atoms with Gasteiger partial charge in [0.25, 0.3) is 0 Å². The van der Waals surface area contributed by atoms with Crippen LogP contribution in [0, 0.1) is 5.92 Å². The van der Waals surface area contributed by atoms with Crippen LogP contribution in [-0.2, 0) is 4.74 Å². The number of nitrogens with one attached hydrogen (secondary N) is 1. The Labute approximate surface area is 144 Å². The Morgan fingerprint density at radius 1 is 1.17 bits per heavy atom. The Bertz CT molecular complexity index is 639. The Kier molecular flexibility index (Phi) is 5.64. The maximum atomic E-state index is 5.11. The summed E-state index contributed by atoms with van der Waals surface area (Å²) in [7, 11) is 1.70. The van der Waals surface area contributed by atoms with E-state index in [0.29, 0.717) is 19.1 Å². The van der Waals surface area contributed by atoms with Crippen LogP contribution in [0.1, 0.15) is 19.8 Å². The monoisotopic (exact) mass is 326 g/mol. The summed E-state index contributed by atoms with van der Waals surface area (Å²) in [6.07, 6.45) is 2.44. The SMILES string of the molecule is COCCNc1nc(-c2ccccc2)cc(N2CCC(C)CC2)n1. The fraction of sp³-hybridized carbons (Fsp3) is 0.474. The third-order valence-corrected chi connectivity index (χ3v) is 4.48. The summed E-state index contributed by atoms with van der Waals surface area (Å²) in [6.45, 7) is 5.78. The van der Waals surface area contributed by atoms with Crippen LogP contribution in [0.3, 0.4) is 0 Å². The minimum atomic E-state index is 0.634. The second-order valence-electron chi connectivity index (χ2n) is 6.39. The van der Waals surface area contributed by atoms with Crippen LogP contribution in [0.25, 0.3) is 11.3 Å². The van der Waals surface area contributed by atoms with Gasteiger partial charge < -0.3 is 15.0 Å². The average Bonchev–Trinajstić information content (AvgIpc) is 2.63. The summed E-state index contributed by atoms with van der Waals surface area (Å²) in [4.78, 5) is 11.8. The molecule has 1 aromatic carbocycles. The van der Waals surface area contributed by atoms with Gasteiger partial charge in [0.1, 0.15) is 5.82 Å². The van der Waals surface area contributed by atoms with Gasteiger partial charge in [-0.3, -0.25) is 0 Å². The zero-order chi connectivity index (χ0) is 16.8. The van der Waals surface area contributed by atoms with Crippen LogP contribution in [0.5, 0.6) is 0 Å². The second-order valence-corrected chi connectivity index (χ2v) is 6.39. The van der Waals surface area contributed by atoms with Gasteiger partial charge in [0, 0.05) is 38.4 Å². The molecule has 0 bridgehead atoms. The highest BCUT2D eigenvalue weighted by Crippen LogP contribution is 2.26. The Balaban J connectivity index is 1.87. The van der Waals surface area contributed by atoms with Crippen LogP contribution in [0.4, 0.5) is 11.8 Å². The third-order valence-electron chi connectivity index (χ3n) is 4.48. The number of piperidine rings is 1. The summed E-state index contributed by atoms with van der Waals surface area (Å²) < 4.78 is 5.11. The predicted molar refractivity (Wildman–Crippen MR) is 98.4 cm³/mol. The standard InChI is InChI=1S/C19H26N4O/c1-15-8-11-23(12-9-15)18-14-17(16-6-4-3-5-7-16)21-19(22-18)20-10-13-24-2/h3-7,14-15H,8-13H2,1-2H3,(H,20,21,22). The molecule has 0 amide bonds. The molecule has 2 heterocycles. The first-order valence-corrected chi connectivity index (χ1v) is 8.68. The van der Waals surface area contributed by atoms with Crippen molar-refractivity contribution >= 4 is 11.8 Å². The van der Waals surface area contributed by atoms with E-state index >= 15 is 0 Å². The molecule has 1 N–H and O–H groups in total. The maximum Gasteiger partial charge on any atom is 0.225 e. The molecule has 24 heavy (non-hydrogen) atoms. The largest absolute Gasteiger partial charge is 0.383 e. The van der Waals surface area contributed by atoms with Crippen molar-refractivity contribution in [3.8, 4) is 11.3 Å². The van der Waals surface area contributed by atoms with E-state index in [1.54, 1.807) is 7.11 Å². The van der Waals surface area contributed by atoms with E-state index in [-0.39, 0.29) is 0 Å². The van der Waals surface area contributed by atoms with Crippen molar-refractivity contribution in [2.24, 2.45) is 5.92 Å². The smallest absolute Gasteiger partial charge is 0.225 e. The van der Waals surface area contributed by atoms with E-state index in [4.69, 9.17) is 9.72 Å². The van der Waals surface area contributed by atoms with Crippen LogP contribution >= 0.6 is 0 Å². The molecule has 0 saturated carbocycles. The van der Waals surface area contributed by atoms with E-state index in [1.165, 1.54) is 12.8 Å². The van der Waals surface area contributed by atoms with Gasteiger partial charge in [-0.15, -0.1) is 0 Å². The number of aromatic nitrogens is 2. The summed E-state index contributed by atoms with van der Waals surface area (Å²) in [6, 6.07) is 12.4. The topological polar surface area (TPSA) is 50.3 Å². The number of hydrogen-bond acceptors (Lipinski definition) is 5. The molecule has 1 aliphatic rings. The summed E-state index contributed by atoms with van der Waals surface area (Å²) in [5.74, 6) is 2.48. The van der Waals surface area contributed by atoms with E-state index < -0.39 is 0 Å². The number of anilines is 2. The Morgan fingerprint density at radius 2 is 1.92 bits per heavy atom. The van der Waals surface area contributed by atoms with Gasteiger partial charge >= 0.3 is 0 Å². The van der Waals surface area contributed by atoms with E-state index in [1.807, 2.05) is 18.2 Å². The molecule has 0 atom stereocenters. The zero-order valence-corrected chi connectivity index (χ0v) is 14.5. The van der Waals surface area contributed by atoms with Crippen molar-refractivity contribution in [3.05, 3.63) is 36.4 Å². The molecule has 0 unspecified atom stereocenters. The van der Waals surface area contributed by atoms with Crippen molar-refractivity contribution in [2.75, 3.05) is 43.6 Å². The molecule has 2 aromatic rings. The number of ether oxygens (including phenoxy) is 1. The van der Waals surface area contributed by atoms with E-state index in [2.05, 4.69) is 40.3 Å². The van der Waals surface area contributed by atoms with Crippen LogP contribution in [0.15, 0.2) is 36.4 Å². The molecular formula is C19H26N4O. The van der Waals surface area contributed by atoms with Crippen LogP contribution < -0.4 is 10.2 Å². The van der Waals surface area contributed by atoms with Gasteiger partial charge in [0.05, 0.1) is 12.3 Å². The van der Waals surface area contributed by atoms with Gasteiger partial charge in [-0.25, -0.2) is 4.98 Å². The molecule has 5 heteroatoms. The summed E-state index contributed by atoms with van der Waals surface area (Å²) in [5.41, 5.74) is 2.07. The molecule has 1 saturated heterocycles. The van der Waals surface area contributed by atoms with Crippen molar-refractivity contribution in [3.63, 3.8) is 0 Å². The third kappa shape index (κ3) is 4.23. The van der Waals surface area contributed by atoms with Gasteiger partial charge in [0.15, 0.2) is 0 Å². The van der Waals surface area contributed by atoms with Crippen LogP contribution in [0.2, 0.25) is 0 Å². The first-order valence-electron chi connectivity index (χ1n) is 8.68. The molecule has 128 valence electrons. The molecule has 5 nitrogen and oxygen atoms in total. The van der Waals surface area contributed by atoms with Crippen LogP contribution in [-0.4, -0.2) is 43.3 Å². The normalized spacial score (nSPS) is 15.5. The lowest BCUT2D eigenvalue weighted by atomic mass is 9.99.